The Morgan fingerprint density at radius 2 is 0.963 bits per heavy atom. The van der Waals surface area contributed by atoms with Gasteiger partial charge in [-0.1, -0.05) is 91.4 Å². The minimum absolute atomic E-state index is 0.275. The minimum atomic E-state index is -1.06. The van der Waals surface area contributed by atoms with Gasteiger partial charge in [-0.25, -0.2) is 0 Å². The molecule has 0 aromatic rings. The number of ketones is 2. The van der Waals surface area contributed by atoms with E-state index in [9.17, 15) is 9.59 Å². The van der Waals surface area contributed by atoms with Crippen LogP contribution in [0.3, 0.4) is 0 Å². The lowest BCUT2D eigenvalue weighted by Crippen LogP contribution is -2.20. The van der Waals surface area contributed by atoms with Crippen molar-refractivity contribution in [2.45, 2.75) is 136 Å². The molecule has 0 N–H and O–H groups in total. The molecule has 0 atom stereocenters. The van der Waals surface area contributed by atoms with Crippen molar-refractivity contribution in [3.05, 3.63) is 0 Å². The molecule has 0 aromatic heterocycles. The summed E-state index contributed by atoms with van der Waals surface area (Å²) in [4.78, 5) is 23.7. The monoisotopic (exact) mass is 396 g/mol. The molecule has 0 unspecified atom stereocenters. The Bertz CT molecular complexity index is 364. The molecule has 3 heteroatoms. The summed E-state index contributed by atoms with van der Waals surface area (Å²) >= 11 is 0. The second kappa shape index (κ2) is 14.5. The molecule has 0 bridgehead atoms. The Balaban J connectivity index is 3.34. The highest BCUT2D eigenvalue weighted by Gasteiger charge is 2.14. The fourth-order valence-electron chi connectivity index (χ4n) is 3.16. The molecule has 2 nitrogen and oxygen atoms in total. The summed E-state index contributed by atoms with van der Waals surface area (Å²) in [6.07, 6.45) is 15.2. The van der Waals surface area contributed by atoms with Crippen LogP contribution in [0.1, 0.15) is 111 Å². The third kappa shape index (κ3) is 21.7. The van der Waals surface area contributed by atoms with Gasteiger partial charge in [-0.2, -0.15) is 0 Å². The first kappa shape index (κ1) is 26.6. The lowest BCUT2D eigenvalue weighted by atomic mass is 9.89. The van der Waals surface area contributed by atoms with Gasteiger partial charge in [0.05, 0.1) is 0 Å². The van der Waals surface area contributed by atoms with E-state index in [1.807, 2.05) is 0 Å². The molecule has 0 aliphatic heterocycles. The van der Waals surface area contributed by atoms with E-state index in [4.69, 9.17) is 0 Å². The fraction of sp³-hybridized carbons (Fsp3) is 0.917. The van der Waals surface area contributed by atoms with Gasteiger partial charge in [0, 0.05) is 33.8 Å². The molecular formula is C24H48O2Si. The fourth-order valence-corrected chi connectivity index (χ4v) is 4.19. The Morgan fingerprint density at radius 3 is 1.33 bits per heavy atom. The molecule has 0 fully saturated rings. The average Bonchev–Trinajstić information content (AvgIpc) is 2.54. The van der Waals surface area contributed by atoms with E-state index in [1.54, 1.807) is 0 Å². The predicted molar refractivity (Wildman–Crippen MR) is 122 cm³/mol. The second-order valence-electron chi connectivity index (χ2n) is 10.9. The summed E-state index contributed by atoms with van der Waals surface area (Å²) in [5.41, 5.74) is 0.275. The van der Waals surface area contributed by atoms with Gasteiger partial charge in [-0.15, -0.1) is 0 Å². The molecule has 0 rings (SSSR count). The van der Waals surface area contributed by atoms with Gasteiger partial charge in [0.25, 0.3) is 0 Å². The van der Waals surface area contributed by atoms with Crippen LogP contribution in [-0.4, -0.2) is 19.6 Å². The number of hydrogen-bond acceptors (Lipinski definition) is 2. The third-order valence-corrected chi connectivity index (χ3v) is 6.97. The predicted octanol–water partition coefficient (Wildman–Crippen LogP) is 7.97. The van der Waals surface area contributed by atoms with Gasteiger partial charge in [0.1, 0.15) is 11.6 Å². The quantitative estimate of drug-likeness (QED) is 0.184. The van der Waals surface area contributed by atoms with Gasteiger partial charge < -0.3 is 0 Å². The van der Waals surface area contributed by atoms with Crippen molar-refractivity contribution in [2.24, 2.45) is 5.41 Å². The zero-order chi connectivity index (χ0) is 20.8. The number of carbonyl (C=O) groups excluding carboxylic acids is 2. The van der Waals surface area contributed by atoms with Crippen molar-refractivity contribution >= 4 is 19.6 Å². The van der Waals surface area contributed by atoms with E-state index in [2.05, 4.69) is 40.4 Å². The maximum Gasteiger partial charge on any atom is 0.132 e. The summed E-state index contributed by atoms with van der Waals surface area (Å²) in [5.74, 6) is 0.929. The molecule has 0 spiro atoms. The van der Waals surface area contributed by atoms with Crippen LogP contribution >= 0.6 is 0 Å². The highest BCUT2D eigenvalue weighted by Crippen LogP contribution is 2.21. The molecule has 0 saturated heterocycles. The van der Waals surface area contributed by atoms with E-state index >= 15 is 0 Å². The zero-order valence-corrected chi connectivity index (χ0v) is 20.4. The molecule has 0 radical (unpaired) electrons. The van der Waals surface area contributed by atoms with E-state index < -0.39 is 8.07 Å². The summed E-state index contributed by atoms with van der Waals surface area (Å²) in [5, 5.41) is 0. The summed E-state index contributed by atoms with van der Waals surface area (Å²) in [7, 11) is -1.06. The lowest BCUT2D eigenvalue weighted by Gasteiger charge is -2.16. The molecule has 0 aliphatic carbocycles. The van der Waals surface area contributed by atoms with Crippen molar-refractivity contribution in [2.75, 3.05) is 0 Å². The molecule has 0 aromatic carbocycles. The van der Waals surface area contributed by atoms with E-state index in [-0.39, 0.29) is 5.41 Å². The van der Waals surface area contributed by atoms with Crippen LogP contribution in [0.15, 0.2) is 0 Å². The van der Waals surface area contributed by atoms with Crippen molar-refractivity contribution in [1.29, 1.82) is 0 Å². The topological polar surface area (TPSA) is 34.1 Å². The van der Waals surface area contributed by atoms with Crippen LogP contribution < -0.4 is 0 Å². The third-order valence-electron chi connectivity index (χ3n) is 5.22. The second-order valence-corrected chi connectivity index (χ2v) is 16.5. The van der Waals surface area contributed by atoms with Crippen LogP contribution in [0, 0.1) is 5.41 Å². The van der Waals surface area contributed by atoms with Crippen LogP contribution in [0.25, 0.3) is 0 Å². The van der Waals surface area contributed by atoms with E-state index in [1.165, 1.54) is 44.9 Å². The van der Waals surface area contributed by atoms with Crippen LogP contribution in [-0.2, 0) is 9.59 Å². The maximum atomic E-state index is 11.9. The highest BCUT2D eigenvalue weighted by molar-refractivity contribution is 6.76. The Morgan fingerprint density at radius 1 is 0.593 bits per heavy atom. The van der Waals surface area contributed by atoms with Gasteiger partial charge in [-0.05, 0) is 24.7 Å². The number of unbranched alkanes of at least 4 members (excludes halogenated alkanes) is 8. The highest BCUT2D eigenvalue weighted by atomic mass is 28.3. The number of Topliss-reactive ketones (excluding diaryl/α,β-unsaturated/α-hetero) is 2. The van der Waals surface area contributed by atoms with Crippen molar-refractivity contribution in [1.82, 2.24) is 0 Å². The SMILES string of the molecule is CC(C)(C)CCC(=O)CCCCCCCCCCCC(=O)CC[Si](C)(C)C. The average molecular weight is 397 g/mol. The smallest absolute Gasteiger partial charge is 0.132 e. The van der Waals surface area contributed by atoms with Gasteiger partial charge in [0.2, 0.25) is 0 Å². The summed E-state index contributed by atoms with van der Waals surface area (Å²) in [6.45, 7) is 13.6. The standard InChI is InChI=1S/C24H48O2Si/c1-24(2,3)20-18-22(25)16-14-12-10-8-7-9-11-13-15-17-23(26)19-21-27(4,5)6/h7-21H2,1-6H3. The summed E-state index contributed by atoms with van der Waals surface area (Å²) < 4.78 is 0. The van der Waals surface area contributed by atoms with Crippen LogP contribution in [0.2, 0.25) is 25.7 Å². The molecule has 27 heavy (non-hydrogen) atoms. The minimum Gasteiger partial charge on any atom is -0.300 e. The largest absolute Gasteiger partial charge is 0.300 e. The molecule has 0 amide bonds. The Kier molecular flexibility index (Phi) is 14.3. The number of carbonyl (C=O) groups is 2. The first-order valence-corrected chi connectivity index (χ1v) is 15.2. The lowest BCUT2D eigenvalue weighted by molar-refractivity contribution is -0.120. The van der Waals surface area contributed by atoms with E-state index in [0.29, 0.717) is 11.6 Å². The molecular weight excluding hydrogens is 348 g/mol. The molecule has 160 valence electrons. The number of hydrogen-bond donors (Lipinski definition) is 0. The summed E-state index contributed by atoms with van der Waals surface area (Å²) in [6, 6.07) is 1.15. The maximum absolute atomic E-state index is 11.9. The van der Waals surface area contributed by atoms with Crippen LogP contribution in [0.4, 0.5) is 0 Å². The normalized spacial score (nSPS) is 12.4. The van der Waals surface area contributed by atoms with Gasteiger partial charge in [0.15, 0.2) is 0 Å². The van der Waals surface area contributed by atoms with Crippen LogP contribution in [0.5, 0.6) is 0 Å². The van der Waals surface area contributed by atoms with Crippen molar-refractivity contribution in [3.63, 3.8) is 0 Å². The Labute approximate surface area is 171 Å². The van der Waals surface area contributed by atoms with Gasteiger partial charge in [-0.3, -0.25) is 9.59 Å². The first-order chi connectivity index (χ1) is 12.5. The number of rotatable bonds is 17. The molecule has 0 saturated carbocycles. The molecule has 0 heterocycles. The molecule has 0 aliphatic rings. The van der Waals surface area contributed by atoms with Crippen molar-refractivity contribution in [3.8, 4) is 0 Å². The van der Waals surface area contributed by atoms with Crippen molar-refractivity contribution < 1.29 is 9.59 Å². The Hall–Kier alpha value is -0.443. The first-order valence-electron chi connectivity index (χ1n) is 11.5. The van der Waals surface area contributed by atoms with Gasteiger partial charge >= 0.3 is 0 Å². The van der Waals surface area contributed by atoms with E-state index in [0.717, 1.165) is 51.0 Å². The zero-order valence-electron chi connectivity index (χ0n) is 19.4.